The number of ether oxygens (including phenoxy) is 2. The van der Waals surface area contributed by atoms with Gasteiger partial charge in [-0.05, 0) is 43.8 Å². The zero-order chi connectivity index (χ0) is 19.8. The zero-order valence-electron chi connectivity index (χ0n) is 17.0. The molecule has 28 heavy (non-hydrogen) atoms. The molecule has 0 unspecified atom stereocenters. The Morgan fingerprint density at radius 3 is 2.39 bits per heavy atom. The van der Waals surface area contributed by atoms with Gasteiger partial charge >= 0.3 is 0 Å². The Kier molecular flexibility index (Phi) is 7.09. The average molecular weight is 380 g/mol. The molecule has 3 aromatic rings. The molecule has 1 aromatic heterocycles. The lowest BCUT2D eigenvalue weighted by molar-refractivity contribution is 0.270. The molecular weight excluding hydrogens is 350 g/mol. The summed E-state index contributed by atoms with van der Waals surface area (Å²) < 4.78 is 13.2. The average Bonchev–Trinajstić information content (AvgIpc) is 3.07. The monoisotopic (exact) mass is 379 g/mol. The molecule has 0 aliphatic rings. The lowest BCUT2D eigenvalue weighted by Crippen LogP contribution is -2.15. The highest BCUT2D eigenvalue weighted by Gasteiger charge is 2.11. The van der Waals surface area contributed by atoms with Gasteiger partial charge in [0.15, 0.2) is 0 Å². The third kappa shape index (κ3) is 5.86. The van der Waals surface area contributed by atoms with Crippen LogP contribution in [0.15, 0.2) is 60.7 Å². The lowest BCUT2D eigenvalue weighted by Gasteiger charge is -2.09. The van der Waals surface area contributed by atoms with Crippen LogP contribution in [0.5, 0.6) is 11.6 Å². The van der Waals surface area contributed by atoms with Gasteiger partial charge in [-0.3, -0.25) is 4.68 Å². The standard InChI is InChI=1S/C23H29N3O2/c1-25(2)14-7-15-28-23-17-21(16-19-8-5-4-6-9-19)26(24-23)18-20-10-12-22(27-3)13-11-20/h4-6,8-13,17H,7,14-16,18H2,1-3H3. The molecule has 1 heterocycles. The molecule has 0 N–H and O–H groups in total. The van der Waals surface area contributed by atoms with Crippen LogP contribution >= 0.6 is 0 Å². The molecule has 0 radical (unpaired) electrons. The highest BCUT2D eigenvalue weighted by atomic mass is 16.5. The van der Waals surface area contributed by atoms with E-state index in [1.165, 1.54) is 11.1 Å². The topological polar surface area (TPSA) is 39.5 Å². The van der Waals surface area contributed by atoms with Crippen LogP contribution in [0.2, 0.25) is 0 Å². The van der Waals surface area contributed by atoms with Crippen LogP contribution < -0.4 is 9.47 Å². The second-order valence-electron chi connectivity index (χ2n) is 7.15. The summed E-state index contributed by atoms with van der Waals surface area (Å²) in [6.45, 7) is 2.37. The number of rotatable bonds is 10. The highest BCUT2D eigenvalue weighted by molar-refractivity contribution is 5.29. The fraction of sp³-hybridized carbons (Fsp3) is 0.348. The van der Waals surface area contributed by atoms with Gasteiger partial charge in [-0.2, -0.15) is 0 Å². The highest BCUT2D eigenvalue weighted by Crippen LogP contribution is 2.19. The van der Waals surface area contributed by atoms with Gasteiger partial charge in [-0.1, -0.05) is 42.5 Å². The van der Waals surface area contributed by atoms with Crippen molar-refractivity contribution < 1.29 is 9.47 Å². The van der Waals surface area contributed by atoms with Gasteiger partial charge < -0.3 is 14.4 Å². The first kappa shape index (κ1) is 20.0. The maximum absolute atomic E-state index is 5.91. The van der Waals surface area contributed by atoms with E-state index in [4.69, 9.17) is 14.6 Å². The number of hydrogen-bond acceptors (Lipinski definition) is 4. The Bertz CT molecular complexity index is 842. The van der Waals surface area contributed by atoms with Crippen LogP contribution in [0, 0.1) is 0 Å². The summed E-state index contributed by atoms with van der Waals surface area (Å²) in [5, 5.41) is 4.71. The molecule has 2 aromatic carbocycles. The van der Waals surface area contributed by atoms with E-state index in [0.29, 0.717) is 19.0 Å². The third-order valence-corrected chi connectivity index (χ3v) is 4.56. The van der Waals surface area contributed by atoms with Crippen molar-refractivity contribution in [1.82, 2.24) is 14.7 Å². The Hall–Kier alpha value is -2.79. The summed E-state index contributed by atoms with van der Waals surface area (Å²) in [5.74, 6) is 1.55. The molecule has 0 fully saturated rings. The van der Waals surface area contributed by atoms with E-state index in [0.717, 1.165) is 30.8 Å². The Morgan fingerprint density at radius 2 is 1.71 bits per heavy atom. The van der Waals surface area contributed by atoms with Crippen LogP contribution in [-0.2, 0) is 13.0 Å². The van der Waals surface area contributed by atoms with Crippen molar-refractivity contribution in [1.29, 1.82) is 0 Å². The molecule has 148 valence electrons. The Labute approximate surface area is 167 Å². The summed E-state index contributed by atoms with van der Waals surface area (Å²) in [7, 11) is 5.82. The van der Waals surface area contributed by atoms with Crippen molar-refractivity contribution in [2.45, 2.75) is 19.4 Å². The van der Waals surface area contributed by atoms with Crippen LogP contribution in [0.1, 0.15) is 23.2 Å². The van der Waals surface area contributed by atoms with E-state index in [9.17, 15) is 0 Å². The van der Waals surface area contributed by atoms with Gasteiger partial charge in [-0.25, -0.2) is 0 Å². The van der Waals surface area contributed by atoms with E-state index in [1.54, 1.807) is 7.11 Å². The number of aromatic nitrogens is 2. The van der Waals surface area contributed by atoms with Gasteiger partial charge in [0, 0.05) is 24.7 Å². The largest absolute Gasteiger partial charge is 0.497 e. The van der Waals surface area contributed by atoms with Crippen LogP contribution in [0.4, 0.5) is 0 Å². The molecule has 5 nitrogen and oxygen atoms in total. The number of benzene rings is 2. The number of methoxy groups -OCH3 is 1. The van der Waals surface area contributed by atoms with E-state index in [2.05, 4.69) is 61.5 Å². The molecule has 0 saturated heterocycles. The summed E-state index contributed by atoms with van der Waals surface area (Å²) in [6.07, 6.45) is 1.80. The fourth-order valence-electron chi connectivity index (χ4n) is 3.05. The van der Waals surface area contributed by atoms with Gasteiger partial charge in [0.25, 0.3) is 0 Å². The van der Waals surface area contributed by atoms with E-state index >= 15 is 0 Å². The maximum Gasteiger partial charge on any atom is 0.233 e. The SMILES string of the molecule is COc1ccc(Cn2nc(OCCCN(C)C)cc2Cc2ccccc2)cc1. The molecule has 0 aliphatic heterocycles. The van der Waals surface area contributed by atoms with Crippen LogP contribution in [0.25, 0.3) is 0 Å². The zero-order valence-corrected chi connectivity index (χ0v) is 17.0. The summed E-state index contributed by atoms with van der Waals surface area (Å²) in [5.41, 5.74) is 3.58. The predicted octanol–water partition coefficient (Wildman–Crippen LogP) is 3.86. The minimum atomic E-state index is 0.669. The smallest absolute Gasteiger partial charge is 0.233 e. The van der Waals surface area contributed by atoms with Crippen molar-refractivity contribution in [2.24, 2.45) is 0 Å². The quantitative estimate of drug-likeness (QED) is 0.502. The first-order valence-electron chi connectivity index (χ1n) is 9.65. The molecule has 0 amide bonds. The Balaban J connectivity index is 1.74. The maximum atomic E-state index is 5.91. The van der Waals surface area contributed by atoms with Gasteiger partial charge in [0.1, 0.15) is 5.75 Å². The first-order valence-corrected chi connectivity index (χ1v) is 9.65. The molecule has 0 bridgehead atoms. The van der Waals surface area contributed by atoms with Crippen molar-refractivity contribution in [3.8, 4) is 11.6 Å². The molecule has 0 saturated carbocycles. The van der Waals surface area contributed by atoms with Gasteiger partial charge in [-0.15, -0.1) is 5.10 Å². The molecule has 5 heteroatoms. The molecule has 0 aliphatic carbocycles. The third-order valence-electron chi connectivity index (χ3n) is 4.56. The molecule has 0 spiro atoms. The van der Waals surface area contributed by atoms with Gasteiger partial charge in [0.2, 0.25) is 5.88 Å². The fourth-order valence-corrected chi connectivity index (χ4v) is 3.05. The van der Waals surface area contributed by atoms with E-state index < -0.39 is 0 Å². The molecule has 0 atom stereocenters. The van der Waals surface area contributed by atoms with E-state index in [-0.39, 0.29) is 0 Å². The number of nitrogens with zero attached hydrogens (tertiary/aromatic N) is 3. The first-order chi connectivity index (χ1) is 13.6. The summed E-state index contributed by atoms with van der Waals surface area (Å²) in [6, 6.07) is 20.6. The second-order valence-corrected chi connectivity index (χ2v) is 7.15. The minimum Gasteiger partial charge on any atom is -0.497 e. The van der Waals surface area contributed by atoms with Crippen molar-refractivity contribution >= 4 is 0 Å². The van der Waals surface area contributed by atoms with Gasteiger partial charge in [0.05, 0.1) is 20.3 Å². The van der Waals surface area contributed by atoms with Crippen LogP contribution in [0.3, 0.4) is 0 Å². The molecular formula is C23H29N3O2. The predicted molar refractivity (Wildman–Crippen MR) is 112 cm³/mol. The van der Waals surface area contributed by atoms with E-state index in [1.807, 2.05) is 22.9 Å². The van der Waals surface area contributed by atoms with Crippen molar-refractivity contribution in [3.05, 3.63) is 77.5 Å². The summed E-state index contributed by atoms with van der Waals surface area (Å²) >= 11 is 0. The van der Waals surface area contributed by atoms with Crippen molar-refractivity contribution in [3.63, 3.8) is 0 Å². The summed E-state index contributed by atoms with van der Waals surface area (Å²) in [4.78, 5) is 2.16. The normalized spacial score (nSPS) is 11.0. The second kappa shape index (κ2) is 9.95. The minimum absolute atomic E-state index is 0.669. The lowest BCUT2D eigenvalue weighted by atomic mass is 10.1. The van der Waals surface area contributed by atoms with Crippen molar-refractivity contribution in [2.75, 3.05) is 34.4 Å². The Morgan fingerprint density at radius 1 is 0.964 bits per heavy atom. The van der Waals surface area contributed by atoms with Crippen LogP contribution in [-0.4, -0.2) is 49.0 Å². The molecule has 3 rings (SSSR count). The number of hydrogen-bond donors (Lipinski definition) is 0.